The average Bonchev–Trinajstić information content (AvgIpc) is 2.64. The zero-order valence-electron chi connectivity index (χ0n) is 8.85. The van der Waals surface area contributed by atoms with Crippen LogP contribution in [0.5, 0.6) is 0 Å². The number of nitrogens with zero attached hydrogens (tertiary/aromatic N) is 2. The van der Waals surface area contributed by atoms with Crippen LogP contribution in [-0.4, -0.2) is 9.97 Å². The van der Waals surface area contributed by atoms with Crippen LogP contribution in [0.2, 0.25) is 5.02 Å². The standard InChI is InChI=1S/C11H12ClN3S/c1-7-6-16-11(15-7)4-10(13)8-2-3-14-5-9(8)12/h2-3,5-6,10H,4,13H2,1H3. The Balaban J connectivity index is 2.14. The van der Waals surface area contributed by atoms with Gasteiger partial charge in [0.05, 0.1) is 10.0 Å². The van der Waals surface area contributed by atoms with Crippen molar-refractivity contribution in [1.82, 2.24) is 9.97 Å². The maximum absolute atomic E-state index is 6.09. The van der Waals surface area contributed by atoms with Crippen molar-refractivity contribution in [2.45, 2.75) is 19.4 Å². The second-order valence-electron chi connectivity index (χ2n) is 3.59. The molecular formula is C11H12ClN3S. The van der Waals surface area contributed by atoms with E-state index in [2.05, 4.69) is 9.97 Å². The number of halogens is 1. The lowest BCUT2D eigenvalue weighted by Crippen LogP contribution is -2.13. The highest BCUT2D eigenvalue weighted by Gasteiger charge is 2.12. The van der Waals surface area contributed by atoms with Gasteiger partial charge in [-0.2, -0.15) is 0 Å². The van der Waals surface area contributed by atoms with Crippen LogP contribution in [0.15, 0.2) is 23.8 Å². The molecule has 0 radical (unpaired) electrons. The Labute approximate surface area is 103 Å². The van der Waals surface area contributed by atoms with E-state index < -0.39 is 0 Å². The highest BCUT2D eigenvalue weighted by atomic mass is 35.5. The van der Waals surface area contributed by atoms with Gasteiger partial charge in [-0.1, -0.05) is 11.6 Å². The van der Waals surface area contributed by atoms with Crippen molar-refractivity contribution in [2.24, 2.45) is 5.73 Å². The van der Waals surface area contributed by atoms with Crippen molar-refractivity contribution in [2.75, 3.05) is 0 Å². The summed E-state index contributed by atoms with van der Waals surface area (Å²) in [5, 5.41) is 3.68. The number of aryl methyl sites for hydroxylation is 1. The van der Waals surface area contributed by atoms with Gasteiger partial charge in [0.1, 0.15) is 0 Å². The lowest BCUT2D eigenvalue weighted by Gasteiger charge is -2.11. The Morgan fingerprint density at radius 3 is 3.00 bits per heavy atom. The molecule has 0 aromatic carbocycles. The zero-order valence-corrected chi connectivity index (χ0v) is 10.4. The van der Waals surface area contributed by atoms with Crippen molar-refractivity contribution in [3.05, 3.63) is 45.1 Å². The van der Waals surface area contributed by atoms with E-state index in [9.17, 15) is 0 Å². The van der Waals surface area contributed by atoms with E-state index >= 15 is 0 Å². The van der Waals surface area contributed by atoms with Gasteiger partial charge in [-0.3, -0.25) is 4.98 Å². The van der Waals surface area contributed by atoms with Crippen molar-refractivity contribution in [1.29, 1.82) is 0 Å². The molecule has 3 nitrogen and oxygen atoms in total. The Hall–Kier alpha value is -0.970. The third kappa shape index (κ3) is 2.58. The summed E-state index contributed by atoms with van der Waals surface area (Å²) < 4.78 is 0. The largest absolute Gasteiger partial charge is 0.324 e. The summed E-state index contributed by atoms with van der Waals surface area (Å²) in [7, 11) is 0. The molecule has 0 saturated carbocycles. The number of rotatable bonds is 3. The fourth-order valence-corrected chi connectivity index (χ4v) is 2.57. The highest BCUT2D eigenvalue weighted by Crippen LogP contribution is 2.23. The van der Waals surface area contributed by atoms with Gasteiger partial charge < -0.3 is 5.73 Å². The monoisotopic (exact) mass is 253 g/mol. The third-order valence-electron chi connectivity index (χ3n) is 2.26. The molecule has 2 rings (SSSR count). The number of hydrogen-bond donors (Lipinski definition) is 1. The van der Waals surface area contributed by atoms with Gasteiger partial charge in [-0.25, -0.2) is 4.98 Å². The Bertz CT molecular complexity index is 484. The van der Waals surface area contributed by atoms with Crippen LogP contribution in [-0.2, 0) is 6.42 Å². The van der Waals surface area contributed by atoms with E-state index in [1.54, 1.807) is 23.7 Å². The van der Waals surface area contributed by atoms with Crippen molar-refractivity contribution >= 4 is 22.9 Å². The predicted molar refractivity (Wildman–Crippen MR) is 66.7 cm³/mol. The van der Waals surface area contributed by atoms with Gasteiger partial charge in [0, 0.05) is 35.9 Å². The zero-order chi connectivity index (χ0) is 11.5. The summed E-state index contributed by atoms with van der Waals surface area (Å²) in [6.45, 7) is 1.98. The molecule has 0 spiro atoms. The Kier molecular flexibility index (Phi) is 3.53. The molecule has 84 valence electrons. The van der Waals surface area contributed by atoms with Crippen molar-refractivity contribution in [3.8, 4) is 0 Å². The maximum atomic E-state index is 6.09. The maximum Gasteiger partial charge on any atom is 0.0947 e. The quantitative estimate of drug-likeness (QED) is 0.915. The van der Waals surface area contributed by atoms with Gasteiger partial charge in [0.25, 0.3) is 0 Å². The molecule has 0 amide bonds. The molecular weight excluding hydrogens is 242 g/mol. The van der Waals surface area contributed by atoms with Crippen LogP contribution in [0.1, 0.15) is 22.3 Å². The second kappa shape index (κ2) is 4.91. The highest BCUT2D eigenvalue weighted by molar-refractivity contribution is 7.09. The number of thiazole rings is 1. The van der Waals surface area contributed by atoms with Gasteiger partial charge >= 0.3 is 0 Å². The van der Waals surface area contributed by atoms with Crippen LogP contribution in [0.3, 0.4) is 0 Å². The summed E-state index contributed by atoms with van der Waals surface area (Å²) >= 11 is 7.66. The lowest BCUT2D eigenvalue weighted by atomic mass is 10.1. The van der Waals surface area contributed by atoms with Crippen molar-refractivity contribution < 1.29 is 0 Å². The smallest absolute Gasteiger partial charge is 0.0947 e. The second-order valence-corrected chi connectivity index (χ2v) is 4.94. The first-order chi connectivity index (χ1) is 7.66. The van der Waals surface area contributed by atoms with Crippen LogP contribution in [0.4, 0.5) is 0 Å². The molecule has 0 fully saturated rings. The van der Waals surface area contributed by atoms with Gasteiger partial charge in [-0.05, 0) is 18.6 Å². The molecule has 1 atom stereocenters. The van der Waals surface area contributed by atoms with E-state index in [1.165, 1.54) is 0 Å². The van der Waals surface area contributed by atoms with E-state index in [1.807, 2.05) is 18.4 Å². The van der Waals surface area contributed by atoms with Crippen LogP contribution >= 0.6 is 22.9 Å². The molecule has 0 bridgehead atoms. The number of nitrogens with two attached hydrogens (primary N) is 1. The number of aromatic nitrogens is 2. The fraction of sp³-hybridized carbons (Fsp3) is 0.273. The minimum absolute atomic E-state index is 0.124. The molecule has 16 heavy (non-hydrogen) atoms. The van der Waals surface area contributed by atoms with Gasteiger partial charge in [0.2, 0.25) is 0 Å². The van der Waals surface area contributed by atoms with E-state index in [4.69, 9.17) is 17.3 Å². The van der Waals surface area contributed by atoms with Crippen LogP contribution < -0.4 is 5.73 Å². The summed E-state index contributed by atoms with van der Waals surface area (Å²) in [5.41, 5.74) is 8.05. The SMILES string of the molecule is Cc1csc(CC(N)c2ccncc2Cl)n1. The first-order valence-corrected chi connectivity index (χ1v) is 6.18. The molecule has 2 aromatic heterocycles. The van der Waals surface area contributed by atoms with Crippen LogP contribution in [0.25, 0.3) is 0 Å². The molecule has 0 aliphatic rings. The molecule has 2 N–H and O–H groups in total. The average molecular weight is 254 g/mol. The molecule has 0 saturated heterocycles. The minimum Gasteiger partial charge on any atom is -0.324 e. The Morgan fingerprint density at radius 2 is 2.38 bits per heavy atom. The number of hydrogen-bond acceptors (Lipinski definition) is 4. The third-order valence-corrected chi connectivity index (χ3v) is 3.57. The van der Waals surface area contributed by atoms with E-state index in [-0.39, 0.29) is 6.04 Å². The topological polar surface area (TPSA) is 51.8 Å². The summed E-state index contributed by atoms with van der Waals surface area (Å²) in [6, 6.07) is 1.73. The minimum atomic E-state index is -0.124. The van der Waals surface area contributed by atoms with Crippen molar-refractivity contribution in [3.63, 3.8) is 0 Å². The molecule has 5 heteroatoms. The molecule has 0 aliphatic carbocycles. The van der Waals surface area contributed by atoms with E-state index in [0.717, 1.165) is 16.3 Å². The summed E-state index contributed by atoms with van der Waals surface area (Å²) in [5.74, 6) is 0. The first kappa shape index (κ1) is 11.5. The summed E-state index contributed by atoms with van der Waals surface area (Å²) in [6.07, 6.45) is 4.03. The van der Waals surface area contributed by atoms with Gasteiger partial charge in [0.15, 0.2) is 0 Å². The molecule has 1 unspecified atom stereocenters. The molecule has 2 heterocycles. The molecule has 2 aromatic rings. The number of pyridine rings is 1. The molecule has 0 aliphatic heterocycles. The summed E-state index contributed by atoms with van der Waals surface area (Å²) in [4.78, 5) is 8.32. The Morgan fingerprint density at radius 1 is 1.56 bits per heavy atom. The van der Waals surface area contributed by atoms with Gasteiger partial charge in [-0.15, -0.1) is 11.3 Å². The van der Waals surface area contributed by atoms with E-state index in [0.29, 0.717) is 11.4 Å². The predicted octanol–water partition coefficient (Wildman–Crippen LogP) is 2.74. The first-order valence-electron chi connectivity index (χ1n) is 4.93. The lowest BCUT2D eigenvalue weighted by molar-refractivity contribution is 0.715. The fourth-order valence-electron chi connectivity index (χ4n) is 1.48. The van der Waals surface area contributed by atoms with Crippen LogP contribution in [0, 0.1) is 6.92 Å². The normalized spacial score (nSPS) is 12.7.